The first-order valence-corrected chi connectivity index (χ1v) is 18.0. The van der Waals surface area contributed by atoms with Gasteiger partial charge in [-0.15, -0.1) is 0 Å². The second-order valence-corrected chi connectivity index (χ2v) is 14.6. The Bertz CT molecular complexity index is 2180. The van der Waals surface area contributed by atoms with E-state index in [9.17, 15) is 9.59 Å². The molecule has 5 aromatic rings. The van der Waals surface area contributed by atoms with Gasteiger partial charge in [-0.05, 0) is 97.8 Å². The molecule has 0 spiro atoms. The van der Waals surface area contributed by atoms with E-state index in [2.05, 4.69) is 42.2 Å². The number of aryl methyl sites for hydroxylation is 1. The number of H-pyrrole nitrogens is 1. The summed E-state index contributed by atoms with van der Waals surface area (Å²) in [5.74, 6) is 0.668. The maximum Gasteiger partial charge on any atom is 0.237 e. The molecule has 8 rings (SSSR count). The summed E-state index contributed by atoms with van der Waals surface area (Å²) in [5.41, 5.74) is 7.24. The summed E-state index contributed by atoms with van der Waals surface area (Å²) in [6.45, 7) is 4.54. The van der Waals surface area contributed by atoms with Crippen LogP contribution in [0.4, 0.5) is 4.39 Å². The summed E-state index contributed by atoms with van der Waals surface area (Å²) in [4.78, 5) is 44.5. The van der Waals surface area contributed by atoms with Gasteiger partial charge >= 0.3 is 0 Å². The quantitative estimate of drug-likeness (QED) is 0.174. The van der Waals surface area contributed by atoms with Gasteiger partial charge in [0.25, 0.3) is 0 Å². The first-order chi connectivity index (χ1) is 25.3. The molecular weight excluding hydrogens is 657 g/mol. The number of ether oxygens (including phenoxy) is 1. The number of Topliss-reactive ketones (excluding diaryl/α,β-unsaturated/α-hetero) is 1. The first kappa shape index (κ1) is 34.0. The van der Waals surface area contributed by atoms with E-state index in [0.29, 0.717) is 62.9 Å². The lowest BCUT2D eigenvalue weighted by Crippen LogP contribution is -2.44. The minimum absolute atomic E-state index is 0.0212. The van der Waals surface area contributed by atoms with Gasteiger partial charge in [-0.3, -0.25) is 24.6 Å². The highest BCUT2D eigenvalue weighted by atomic mass is 19.1. The number of ketones is 1. The monoisotopic (exact) mass is 699 g/mol. The summed E-state index contributed by atoms with van der Waals surface area (Å²) < 4.78 is 20.7. The summed E-state index contributed by atoms with van der Waals surface area (Å²) in [6.07, 6.45) is 11.1. The molecular formula is C41H42FN7O3. The minimum Gasteiger partial charge on any atom is -0.384 e. The third kappa shape index (κ3) is 6.90. The second-order valence-electron chi connectivity index (χ2n) is 14.6. The van der Waals surface area contributed by atoms with Gasteiger partial charge in [0.2, 0.25) is 5.91 Å². The van der Waals surface area contributed by atoms with Gasteiger partial charge in [0.1, 0.15) is 17.3 Å². The van der Waals surface area contributed by atoms with Crippen molar-refractivity contribution in [3.8, 4) is 22.6 Å². The van der Waals surface area contributed by atoms with Crippen molar-refractivity contribution in [2.24, 2.45) is 5.41 Å². The van der Waals surface area contributed by atoms with Crippen molar-refractivity contribution in [2.75, 3.05) is 46.4 Å². The van der Waals surface area contributed by atoms with Crippen LogP contribution in [0.15, 0.2) is 73.2 Å². The number of pyridine rings is 1. The molecule has 11 heteroatoms. The molecule has 2 aromatic carbocycles. The van der Waals surface area contributed by atoms with Crippen LogP contribution in [-0.2, 0) is 20.7 Å². The molecule has 5 heterocycles. The van der Waals surface area contributed by atoms with E-state index in [-0.39, 0.29) is 30.5 Å². The standard InChI is InChI=1S/C41H42FN7O3/c1-26-21-44-40(45-22-26)32-7-6-30(19-34(32)42)28-10-14-49(15-11-28)38(51)23-48-16-12-41(24-48,25-52-2)37(50)18-27-3-8-35-33(17-27)39(47-46-35)31-9-13-43-36(20-31)29-4-5-29/h3,6-10,13,17,19-22,29H,4-5,11-12,14-16,18,23-25H2,1-2H3,(H,46,47)/t41-/m1/s1. The van der Waals surface area contributed by atoms with E-state index in [1.165, 1.54) is 18.9 Å². The number of likely N-dealkylation sites (tertiary alicyclic amines) is 1. The number of methoxy groups -OCH3 is 1. The lowest BCUT2D eigenvalue weighted by Gasteiger charge is -2.30. The number of fused-ring (bicyclic) bond motifs is 1. The van der Waals surface area contributed by atoms with E-state index in [1.54, 1.807) is 25.6 Å². The van der Waals surface area contributed by atoms with E-state index in [0.717, 1.165) is 50.1 Å². The average molecular weight is 700 g/mol. The number of aromatic amines is 1. The van der Waals surface area contributed by atoms with Crippen LogP contribution in [0.5, 0.6) is 0 Å². The normalized spacial score (nSPS) is 19.3. The van der Waals surface area contributed by atoms with Crippen molar-refractivity contribution in [1.82, 2.24) is 34.9 Å². The maximum atomic E-state index is 15.1. The Kier molecular flexibility index (Phi) is 9.23. The number of hydrogen-bond donors (Lipinski definition) is 1. The molecule has 2 aliphatic heterocycles. The summed E-state index contributed by atoms with van der Waals surface area (Å²) in [5, 5.41) is 8.75. The minimum atomic E-state index is -0.692. The van der Waals surface area contributed by atoms with E-state index in [4.69, 9.17) is 4.74 Å². The Morgan fingerprint density at radius 1 is 1.02 bits per heavy atom. The lowest BCUT2D eigenvalue weighted by atomic mass is 9.80. The Morgan fingerprint density at radius 3 is 2.62 bits per heavy atom. The van der Waals surface area contributed by atoms with Crippen LogP contribution in [-0.4, -0.2) is 93.1 Å². The van der Waals surface area contributed by atoms with Crippen LogP contribution in [0.25, 0.3) is 39.1 Å². The second kappa shape index (κ2) is 14.1. The molecule has 1 saturated heterocycles. The zero-order valence-corrected chi connectivity index (χ0v) is 29.6. The third-order valence-corrected chi connectivity index (χ3v) is 10.8. The summed E-state index contributed by atoms with van der Waals surface area (Å²) >= 11 is 0. The number of carbonyl (C=O) groups is 2. The molecule has 0 unspecified atom stereocenters. The fourth-order valence-corrected chi connectivity index (χ4v) is 7.63. The predicted octanol–water partition coefficient (Wildman–Crippen LogP) is 6.17. The van der Waals surface area contributed by atoms with Crippen LogP contribution < -0.4 is 0 Å². The Morgan fingerprint density at radius 2 is 1.87 bits per heavy atom. The number of hydrogen-bond acceptors (Lipinski definition) is 8. The zero-order chi connectivity index (χ0) is 35.8. The third-order valence-electron chi connectivity index (χ3n) is 10.8. The van der Waals surface area contributed by atoms with Crippen molar-refractivity contribution in [3.63, 3.8) is 0 Å². The predicted molar refractivity (Wildman–Crippen MR) is 197 cm³/mol. The van der Waals surface area contributed by atoms with Crippen LogP contribution in [0, 0.1) is 18.2 Å². The molecule has 52 heavy (non-hydrogen) atoms. The number of rotatable bonds is 11. The molecule has 1 atom stereocenters. The summed E-state index contributed by atoms with van der Waals surface area (Å²) in [7, 11) is 1.63. The van der Waals surface area contributed by atoms with Crippen molar-refractivity contribution < 1.29 is 18.7 Å². The van der Waals surface area contributed by atoms with E-state index >= 15 is 4.39 Å². The van der Waals surface area contributed by atoms with Gasteiger partial charge < -0.3 is 9.64 Å². The number of nitrogens with zero attached hydrogens (tertiary/aromatic N) is 6. The topological polar surface area (TPSA) is 117 Å². The number of nitrogens with one attached hydrogen (secondary N) is 1. The molecule has 1 N–H and O–H groups in total. The van der Waals surface area contributed by atoms with Crippen molar-refractivity contribution in [2.45, 2.75) is 44.9 Å². The number of halogens is 1. The molecule has 1 saturated carbocycles. The Labute approximate surface area is 302 Å². The molecule has 1 amide bonds. The fourth-order valence-electron chi connectivity index (χ4n) is 7.63. The highest BCUT2D eigenvalue weighted by molar-refractivity contribution is 5.95. The van der Waals surface area contributed by atoms with Crippen LogP contribution >= 0.6 is 0 Å². The highest BCUT2D eigenvalue weighted by Gasteiger charge is 2.44. The van der Waals surface area contributed by atoms with Gasteiger partial charge in [0.05, 0.1) is 29.6 Å². The number of benzene rings is 2. The fraction of sp³-hybridized carbons (Fsp3) is 0.366. The Balaban J connectivity index is 0.900. The SMILES string of the molecule is COC[C@@]1(C(=O)Cc2ccc3[nH]nc(-c4ccnc(C5CC5)c4)c3c2)CCN(CC(=O)N2CC=C(c3ccc(-c4ncc(C)cn4)c(F)c3)CC2)C1. The van der Waals surface area contributed by atoms with Crippen molar-refractivity contribution >= 4 is 28.2 Å². The van der Waals surface area contributed by atoms with Gasteiger partial charge in [-0.1, -0.05) is 18.2 Å². The molecule has 3 aliphatic rings. The van der Waals surface area contributed by atoms with Crippen molar-refractivity contribution in [1.29, 1.82) is 0 Å². The van der Waals surface area contributed by atoms with Crippen LogP contribution in [0.1, 0.15) is 54.0 Å². The smallest absolute Gasteiger partial charge is 0.237 e. The molecule has 0 radical (unpaired) electrons. The maximum absolute atomic E-state index is 15.1. The lowest BCUT2D eigenvalue weighted by molar-refractivity contribution is -0.134. The van der Waals surface area contributed by atoms with E-state index < -0.39 is 5.41 Å². The average Bonchev–Trinajstić information content (AvgIpc) is 3.81. The molecule has 0 bridgehead atoms. The van der Waals surface area contributed by atoms with Gasteiger partial charge in [-0.2, -0.15) is 5.10 Å². The van der Waals surface area contributed by atoms with Gasteiger partial charge in [0, 0.05) is 74.3 Å². The zero-order valence-electron chi connectivity index (χ0n) is 29.6. The number of carbonyl (C=O) groups excluding carboxylic acids is 2. The van der Waals surface area contributed by atoms with E-state index in [1.807, 2.05) is 48.4 Å². The first-order valence-electron chi connectivity index (χ1n) is 18.0. The van der Waals surface area contributed by atoms with Gasteiger partial charge in [-0.25, -0.2) is 14.4 Å². The number of aromatic nitrogens is 5. The molecule has 2 fully saturated rings. The summed E-state index contributed by atoms with van der Waals surface area (Å²) in [6, 6.07) is 15.3. The largest absolute Gasteiger partial charge is 0.384 e. The van der Waals surface area contributed by atoms with Crippen LogP contribution in [0.2, 0.25) is 0 Å². The van der Waals surface area contributed by atoms with Crippen molar-refractivity contribution in [3.05, 3.63) is 101 Å². The van der Waals surface area contributed by atoms with Crippen LogP contribution in [0.3, 0.4) is 0 Å². The van der Waals surface area contributed by atoms with Gasteiger partial charge in [0.15, 0.2) is 5.82 Å². The molecule has 266 valence electrons. The molecule has 3 aromatic heterocycles. The molecule has 10 nitrogen and oxygen atoms in total. The highest BCUT2D eigenvalue weighted by Crippen LogP contribution is 2.40. The molecule has 1 aliphatic carbocycles. The Hall–Kier alpha value is -5.13. The number of amides is 1.